The molecule has 2 saturated heterocycles. The van der Waals surface area contributed by atoms with E-state index in [1.807, 2.05) is 13.1 Å². The highest BCUT2D eigenvalue weighted by atomic mass is 16.4. The van der Waals surface area contributed by atoms with Gasteiger partial charge < -0.3 is 4.42 Å². The fourth-order valence-electron chi connectivity index (χ4n) is 3.66. The Bertz CT molecular complexity index is 431. The van der Waals surface area contributed by atoms with Gasteiger partial charge in [-0.05, 0) is 39.7 Å². The van der Waals surface area contributed by atoms with Gasteiger partial charge in [0.15, 0.2) is 0 Å². The first-order chi connectivity index (χ1) is 9.19. The van der Waals surface area contributed by atoms with E-state index in [1.54, 1.807) is 0 Å². The number of nitrogens with zero attached hydrogens (tertiary/aromatic N) is 3. The molecule has 3 unspecified atom stereocenters. The van der Waals surface area contributed by atoms with Crippen molar-refractivity contribution in [1.29, 1.82) is 0 Å². The molecule has 0 amide bonds. The average molecular weight is 263 g/mol. The topological polar surface area (TPSA) is 32.5 Å². The summed E-state index contributed by atoms with van der Waals surface area (Å²) in [4.78, 5) is 9.71. The van der Waals surface area contributed by atoms with E-state index >= 15 is 0 Å². The van der Waals surface area contributed by atoms with E-state index in [0.29, 0.717) is 12.1 Å². The molecule has 3 rings (SSSR count). The normalized spacial score (nSPS) is 30.5. The first-order valence-corrected chi connectivity index (χ1v) is 7.61. The first-order valence-electron chi connectivity index (χ1n) is 7.61. The molecule has 3 atom stereocenters. The molecule has 0 spiro atoms. The third-order valence-corrected chi connectivity index (χ3v) is 4.80. The average Bonchev–Trinajstić information content (AvgIpc) is 3.04. The third kappa shape index (κ3) is 2.43. The van der Waals surface area contributed by atoms with Gasteiger partial charge in [0.2, 0.25) is 5.89 Å². The van der Waals surface area contributed by atoms with Crippen LogP contribution in [0.1, 0.15) is 50.8 Å². The van der Waals surface area contributed by atoms with Crippen molar-refractivity contribution >= 4 is 0 Å². The van der Waals surface area contributed by atoms with E-state index in [-0.39, 0.29) is 0 Å². The Morgan fingerprint density at radius 3 is 3.00 bits per heavy atom. The van der Waals surface area contributed by atoms with Crippen LogP contribution < -0.4 is 0 Å². The zero-order chi connectivity index (χ0) is 13.4. The molecule has 1 aromatic heterocycles. The number of hydrogen-bond donors (Lipinski definition) is 0. The van der Waals surface area contributed by atoms with Gasteiger partial charge in [-0.3, -0.25) is 9.80 Å². The predicted molar refractivity (Wildman–Crippen MR) is 75.0 cm³/mol. The third-order valence-electron chi connectivity index (χ3n) is 4.80. The van der Waals surface area contributed by atoms with Crippen LogP contribution in [0.25, 0.3) is 0 Å². The van der Waals surface area contributed by atoms with Gasteiger partial charge in [0.25, 0.3) is 0 Å². The van der Waals surface area contributed by atoms with Crippen molar-refractivity contribution in [2.45, 2.75) is 58.2 Å². The SMILES string of the molecule is CCC1CN2CCCC2CN1C(C)c1ncc(C)o1. The molecule has 0 N–H and O–H groups in total. The Labute approximate surface area is 115 Å². The number of piperazine rings is 1. The molecule has 2 aliphatic rings. The molecule has 0 aromatic carbocycles. The molecule has 0 saturated carbocycles. The van der Waals surface area contributed by atoms with Gasteiger partial charge >= 0.3 is 0 Å². The Kier molecular flexibility index (Phi) is 3.63. The maximum atomic E-state index is 5.74. The summed E-state index contributed by atoms with van der Waals surface area (Å²) in [5, 5.41) is 0. The molecule has 4 nitrogen and oxygen atoms in total. The van der Waals surface area contributed by atoms with E-state index in [9.17, 15) is 0 Å². The second-order valence-corrected chi connectivity index (χ2v) is 6.03. The molecule has 19 heavy (non-hydrogen) atoms. The molecule has 1 aromatic rings. The van der Waals surface area contributed by atoms with Gasteiger partial charge in [0, 0.05) is 25.2 Å². The fraction of sp³-hybridized carbons (Fsp3) is 0.800. The van der Waals surface area contributed by atoms with Crippen LogP contribution in [-0.2, 0) is 0 Å². The number of hydrogen-bond acceptors (Lipinski definition) is 4. The standard InChI is InChI=1S/C15H25N3O/c1-4-13-9-17-7-5-6-14(17)10-18(13)12(3)15-16-8-11(2)19-15/h8,12-14H,4-7,9-10H2,1-3H3. The lowest BCUT2D eigenvalue weighted by Gasteiger charge is -2.45. The molecule has 0 aliphatic carbocycles. The van der Waals surface area contributed by atoms with Crippen LogP contribution in [0.3, 0.4) is 0 Å². The summed E-state index contributed by atoms with van der Waals surface area (Å²) in [6.07, 6.45) is 5.75. The highest BCUT2D eigenvalue weighted by Crippen LogP contribution is 2.31. The second-order valence-electron chi connectivity index (χ2n) is 6.03. The molecular weight excluding hydrogens is 238 g/mol. The lowest BCUT2D eigenvalue weighted by Crippen LogP contribution is -2.56. The smallest absolute Gasteiger partial charge is 0.211 e. The van der Waals surface area contributed by atoms with Crippen LogP contribution in [0.2, 0.25) is 0 Å². The minimum Gasteiger partial charge on any atom is -0.444 e. The summed E-state index contributed by atoms with van der Waals surface area (Å²) in [6.45, 7) is 10.2. The Hall–Kier alpha value is -0.870. The van der Waals surface area contributed by atoms with Crippen molar-refractivity contribution in [3.05, 3.63) is 17.8 Å². The van der Waals surface area contributed by atoms with Crippen molar-refractivity contribution in [3.63, 3.8) is 0 Å². The van der Waals surface area contributed by atoms with E-state index in [1.165, 1.54) is 38.9 Å². The van der Waals surface area contributed by atoms with Crippen LogP contribution in [0.15, 0.2) is 10.6 Å². The monoisotopic (exact) mass is 263 g/mol. The largest absolute Gasteiger partial charge is 0.444 e. The van der Waals surface area contributed by atoms with Gasteiger partial charge in [-0.15, -0.1) is 0 Å². The van der Waals surface area contributed by atoms with Crippen molar-refractivity contribution < 1.29 is 4.42 Å². The fourth-order valence-corrected chi connectivity index (χ4v) is 3.66. The minimum atomic E-state index is 0.293. The quantitative estimate of drug-likeness (QED) is 0.839. The first kappa shape index (κ1) is 13.1. The zero-order valence-electron chi connectivity index (χ0n) is 12.3. The van der Waals surface area contributed by atoms with E-state index in [4.69, 9.17) is 4.42 Å². The van der Waals surface area contributed by atoms with Crippen molar-refractivity contribution in [2.24, 2.45) is 0 Å². The Morgan fingerprint density at radius 2 is 2.32 bits per heavy atom. The molecule has 106 valence electrons. The number of oxazole rings is 1. The van der Waals surface area contributed by atoms with Crippen LogP contribution >= 0.6 is 0 Å². The van der Waals surface area contributed by atoms with Crippen LogP contribution in [0.4, 0.5) is 0 Å². The second kappa shape index (κ2) is 5.25. The molecule has 0 bridgehead atoms. The van der Waals surface area contributed by atoms with Gasteiger partial charge in [-0.2, -0.15) is 0 Å². The van der Waals surface area contributed by atoms with E-state index in [0.717, 1.165) is 17.7 Å². The highest BCUT2D eigenvalue weighted by molar-refractivity contribution is 5.00. The summed E-state index contributed by atoms with van der Waals surface area (Å²) < 4.78 is 5.74. The lowest BCUT2D eigenvalue weighted by molar-refractivity contribution is 0.0151. The van der Waals surface area contributed by atoms with Crippen molar-refractivity contribution in [1.82, 2.24) is 14.8 Å². The molecular formula is C15H25N3O. The zero-order valence-corrected chi connectivity index (χ0v) is 12.3. The minimum absolute atomic E-state index is 0.293. The van der Waals surface area contributed by atoms with Crippen LogP contribution in [-0.4, -0.2) is 46.5 Å². The highest BCUT2D eigenvalue weighted by Gasteiger charge is 2.38. The predicted octanol–water partition coefficient (Wildman–Crippen LogP) is 2.60. The Balaban J connectivity index is 1.77. The summed E-state index contributed by atoms with van der Waals surface area (Å²) in [6, 6.07) is 1.68. The summed E-state index contributed by atoms with van der Waals surface area (Å²) in [5.41, 5.74) is 0. The maximum Gasteiger partial charge on any atom is 0.211 e. The summed E-state index contributed by atoms with van der Waals surface area (Å²) >= 11 is 0. The maximum absolute atomic E-state index is 5.74. The van der Waals surface area contributed by atoms with Crippen LogP contribution in [0, 0.1) is 6.92 Å². The van der Waals surface area contributed by atoms with E-state index in [2.05, 4.69) is 28.6 Å². The molecule has 4 heteroatoms. The molecule has 0 radical (unpaired) electrons. The number of rotatable bonds is 3. The van der Waals surface area contributed by atoms with Gasteiger partial charge in [0.1, 0.15) is 5.76 Å². The summed E-state index contributed by atoms with van der Waals surface area (Å²) in [7, 11) is 0. The van der Waals surface area contributed by atoms with Crippen LogP contribution in [0.5, 0.6) is 0 Å². The van der Waals surface area contributed by atoms with Gasteiger partial charge in [-0.25, -0.2) is 4.98 Å². The van der Waals surface area contributed by atoms with Gasteiger partial charge in [-0.1, -0.05) is 6.92 Å². The lowest BCUT2D eigenvalue weighted by atomic mass is 10.0. The molecule has 3 heterocycles. The number of aryl methyl sites for hydroxylation is 1. The molecule has 2 fully saturated rings. The number of fused-ring (bicyclic) bond motifs is 1. The molecule has 2 aliphatic heterocycles. The van der Waals surface area contributed by atoms with Crippen molar-refractivity contribution in [2.75, 3.05) is 19.6 Å². The van der Waals surface area contributed by atoms with Crippen molar-refractivity contribution in [3.8, 4) is 0 Å². The summed E-state index contributed by atoms with van der Waals surface area (Å²) in [5.74, 6) is 1.79. The van der Waals surface area contributed by atoms with Gasteiger partial charge in [0.05, 0.1) is 12.2 Å². The Morgan fingerprint density at radius 1 is 1.47 bits per heavy atom. The number of aromatic nitrogens is 1. The van der Waals surface area contributed by atoms with E-state index < -0.39 is 0 Å².